The van der Waals surface area contributed by atoms with Crippen LogP contribution in [0.15, 0.2) is 0 Å². The van der Waals surface area contributed by atoms with Crippen molar-refractivity contribution >= 4 is 0 Å². The molecule has 0 aromatic heterocycles. The van der Waals surface area contributed by atoms with Gasteiger partial charge in [0.1, 0.15) is 12.2 Å². The van der Waals surface area contributed by atoms with Gasteiger partial charge in [0.15, 0.2) is 0 Å². The highest BCUT2D eigenvalue weighted by atomic mass is 16.7. The zero-order valence-electron chi connectivity index (χ0n) is 5.27. The van der Waals surface area contributed by atoms with Crippen molar-refractivity contribution in [3.63, 3.8) is 0 Å². The molecule has 4 N–H and O–H groups in total. The summed E-state index contributed by atoms with van der Waals surface area (Å²) >= 11 is 0. The number of aliphatic hydroxyl groups is 4. The van der Waals surface area contributed by atoms with E-state index in [9.17, 15) is 0 Å². The van der Waals surface area contributed by atoms with Crippen molar-refractivity contribution in [2.24, 2.45) is 0 Å². The standard InChI is InChI=1S/C5H10O5/c6-2-5(9)4(8)3(7)1-10-5/h3-4,6-9H,1-2H2/t3-,4-,5-/m0/s1. The summed E-state index contributed by atoms with van der Waals surface area (Å²) in [5.74, 6) is -1.97. The Hall–Kier alpha value is -0.200. The van der Waals surface area contributed by atoms with Crippen molar-refractivity contribution < 1.29 is 25.2 Å². The van der Waals surface area contributed by atoms with Gasteiger partial charge in [-0.15, -0.1) is 0 Å². The van der Waals surface area contributed by atoms with Crippen LogP contribution in [0.5, 0.6) is 0 Å². The number of aliphatic hydroxyl groups excluding tert-OH is 3. The summed E-state index contributed by atoms with van der Waals surface area (Å²) in [7, 11) is 0. The SMILES string of the molecule is OC[C@]1(O)OC[C@H](O)[C@@H]1O. The second-order valence-electron chi connectivity index (χ2n) is 2.33. The highest BCUT2D eigenvalue weighted by Crippen LogP contribution is 2.22. The van der Waals surface area contributed by atoms with E-state index in [4.69, 9.17) is 20.4 Å². The van der Waals surface area contributed by atoms with Gasteiger partial charge in [-0.2, -0.15) is 0 Å². The van der Waals surface area contributed by atoms with Crippen LogP contribution in [0.4, 0.5) is 0 Å². The largest absolute Gasteiger partial charge is 0.391 e. The lowest BCUT2D eigenvalue weighted by Gasteiger charge is -2.22. The molecule has 0 aliphatic carbocycles. The molecule has 0 bridgehead atoms. The van der Waals surface area contributed by atoms with Crippen molar-refractivity contribution in [1.29, 1.82) is 0 Å². The molecule has 0 amide bonds. The van der Waals surface area contributed by atoms with Gasteiger partial charge in [-0.05, 0) is 0 Å². The lowest BCUT2D eigenvalue weighted by molar-refractivity contribution is -0.234. The number of hydrogen-bond donors (Lipinski definition) is 4. The first-order valence-corrected chi connectivity index (χ1v) is 2.93. The van der Waals surface area contributed by atoms with E-state index in [2.05, 4.69) is 4.74 Å². The van der Waals surface area contributed by atoms with Crippen molar-refractivity contribution in [2.75, 3.05) is 13.2 Å². The van der Waals surface area contributed by atoms with E-state index in [0.717, 1.165) is 0 Å². The van der Waals surface area contributed by atoms with Crippen LogP contribution in [0.2, 0.25) is 0 Å². The van der Waals surface area contributed by atoms with Crippen LogP contribution in [0, 0.1) is 0 Å². The van der Waals surface area contributed by atoms with Crippen LogP contribution >= 0.6 is 0 Å². The molecule has 10 heavy (non-hydrogen) atoms. The molecule has 3 atom stereocenters. The van der Waals surface area contributed by atoms with Gasteiger partial charge in [0, 0.05) is 0 Å². The Bertz CT molecular complexity index is 127. The maximum atomic E-state index is 9.06. The molecule has 0 unspecified atom stereocenters. The third-order valence-electron chi connectivity index (χ3n) is 1.56. The Morgan fingerprint density at radius 1 is 1.50 bits per heavy atom. The van der Waals surface area contributed by atoms with Crippen molar-refractivity contribution in [3.8, 4) is 0 Å². The average molecular weight is 150 g/mol. The molecule has 5 heteroatoms. The number of ether oxygens (including phenoxy) is 1. The summed E-state index contributed by atoms with van der Waals surface area (Å²) in [6.07, 6.45) is -2.53. The predicted octanol–water partition coefficient (Wildman–Crippen LogP) is -2.58. The van der Waals surface area contributed by atoms with Gasteiger partial charge in [-0.25, -0.2) is 0 Å². The van der Waals surface area contributed by atoms with Crippen LogP contribution in [0.1, 0.15) is 0 Å². The molecule has 60 valence electrons. The van der Waals surface area contributed by atoms with E-state index in [1.165, 1.54) is 0 Å². The molecule has 1 fully saturated rings. The highest BCUT2D eigenvalue weighted by Gasteiger charge is 2.47. The van der Waals surface area contributed by atoms with Crippen molar-refractivity contribution in [1.82, 2.24) is 0 Å². The molecule has 5 nitrogen and oxygen atoms in total. The van der Waals surface area contributed by atoms with Gasteiger partial charge in [0.2, 0.25) is 5.79 Å². The fourth-order valence-electron chi connectivity index (χ4n) is 0.846. The van der Waals surface area contributed by atoms with E-state index < -0.39 is 24.6 Å². The summed E-state index contributed by atoms with van der Waals surface area (Å²) in [5, 5.41) is 35.3. The molecular formula is C5H10O5. The second kappa shape index (κ2) is 2.44. The van der Waals surface area contributed by atoms with E-state index in [-0.39, 0.29) is 6.61 Å². The third kappa shape index (κ3) is 1.02. The minimum absolute atomic E-state index is 0.155. The van der Waals surface area contributed by atoms with E-state index in [1.54, 1.807) is 0 Å². The summed E-state index contributed by atoms with van der Waals surface area (Å²) in [6, 6.07) is 0. The van der Waals surface area contributed by atoms with E-state index >= 15 is 0 Å². The van der Waals surface area contributed by atoms with Crippen LogP contribution in [0.3, 0.4) is 0 Å². The van der Waals surface area contributed by atoms with Crippen molar-refractivity contribution in [3.05, 3.63) is 0 Å². The molecule has 1 aliphatic rings. The smallest absolute Gasteiger partial charge is 0.218 e. The Balaban J connectivity index is 2.64. The third-order valence-corrected chi connectivity index (χ3v) is 1.56. The van der Waals surface area contributed by atoms with Crippen LogP contribution in [-0.2, 0) is 4.74 Å². The molecule has 0 spiro atoms. The number of rotatable bonds is 1. The average Bonchev–Trinajstić information content (AvgIpc) is 2.19. The normalized spacial score (nSPS) is 48.0. The molecule has 1 aliphatic heterocycles. The van der Waals surface area contributed by atoms with Crippen molar-refractivity contribution in [2.45, 2.75) is 18.0 Å². The quantitative estimate of drug-likeness (QED) is 0.329. The summed E-state index contributed by atoms with van der Waals surface area (Å²) in [6.45, 7) is -0.872. The monoisotopic (exact) mass is 150 g/mol. The lowest BCUT2D eigenvalue weighted by atomic mass is 10.1. The predicted molar refractivity (Wildman–Crippen MR) is 30.0 cm³/mol. The second-order valence-corrected chi connectivity index (χ2v) is 2.33. The van der Waals surface area contributed by atoms with Crippen LogP contribution < -0.4 is 0 Å². The molecule has 0 saturated carbocycles. The number of hydrogen-bond acceptors (Lipinski definition) is 5. The minimum atomic E-state index is -1.97. The van der Waals surface area contributed by atoms with Gasteiger partial charge >= 0.3 is 0 Å². The fourth-order valence-corrected chi connectivity index (χ4v) is 0.846. The Labute approximate surface area is 57.5 Å². The molecule has 0 radical (unpaired) electrons. The Morgan fingerprint density at radius 3 is 2.30 bits per heavy atom. The first kappa shape index (κ1) is 7.90. The molecule has 1 rings (SSSR count). The van der Waals surface area contributed by atoms with Gasteiger partial charge in [0.05, 0.1) is 13.2 Å². The van der Waals surface area contributed by atoms with Crippen LogP contribution in [-0.4, -0.2) is 51.6 Å². The first-order chi connectivity index (χ1) is 4.60. The zero-order chi connectivity index (χ0) is 7.78. The van der Waals surface area contributed by atoms with Gasteiger partial charge < -0.3 is 25.2 Å². The van der Waals surface area contributed by atoms with E-state index in [1.807, 2.05) is 0 Å². The zero-order valence-corrected chi connectivity index (χ0v) is 5.27. The summed E-state index contributed by atoms with van der Waals surface area (Å²) in [4.78, 5) is 0. The summed E-state index contributed by atoms with van der Waals surface area (Å²) < 4.78 is 4.52. The van der Waals surface area contributed by atoms with Gasteiger partial charge in [-0.3, -0.25) is 0 Å². The van der Waals surface area contributed by atoms with E-state index in [0.29, 0.717) is 0 Å². The fraction of sp³-hybridized carbons (Fsp3) is 1.00. The van der Waals surface area contributed by atoms with Crippen LogP contribution in [0.25, 0.3) is 0 Å². The molecule has 0 aromatic carbocycles. The molecular weight excluding hydrogens is 140 g/mol. The van der Waals surface area contributed by atoms with Gasteiger partial charge in [-0.1, -0.05) is 0 Å². The maximum absolute atomic E-state index is 9.06. The van der Waals surface area contributed by atoms with Gasteiger partial charge in [0.25, 0.3) is 0 Å². The first-order valence-electron chi connectivity index (χ1n) is 2.93. The molecule has 0 aromatic rings. The topological polar surface area (TPSA) is 90.2 Å². The highest BCUT2D eigenvalue weighted by molar-refractivity contribution is 4.88. The minimum Gasteiger partial charge on any atom is -0.391 e. The Kier molecular flexibility index (Phi) is 1.93. The maximum Gasteiger partial charge on any atom is 0.218 e. The lowest BCUT2D eigenvalue weighted by Crippen LogP contribution is -2.46. The molecule has 1 heterocycles. The summed E-state index contributed by atoms with van der Waals surface area (Å²) in [5.41, 5.74) is 0. The Morgan fingerprint density at radius 2 is 2.10 bits per heavy atom. The molecule has 1 saturated heterocycles.